The van der Waals surface area contributed by atoms with Gasteiger partial charge in [-0.15, -0.1) is 0 Å². The predicted octanol–water partition coefficient (Wildman–Crippen LogP) is 2.03. The van der Waals surface area contributed by atoms with E-state index in [0.29, 0.717) is 12.5 Å². The zero-order valence-electron chi connectivity index (χ0n) is 11.2. The quantitative estimate of drug-likeness (QED) is 0.791. The lowest BCUT2D eigenvalue weighted by Crippen LogP contribution is -2.34. The molecule has 20 heavy (non-hydrogen) atoms. The number of benzene rings is 1. The molecule has 2 atom stereocenters. The Bertz CT molecular complexity index is 715. The summed E-state index contributed by atoms with van der Waals surface area (Å²) in [7, 11) is -2.38. The van der Waals surface area contributed by atoms with Crippen molar-refractivity contribution in [1.29, 1.82) is 0 Å². The molecule has 1 saturated heterocycles. The highest BCUT2D eigenvalue weighted by Crippen LogP contribution is 2.30. The van der Waals surface area contributed by atoms with Crippen molar-refractivity contribution in [3.05, 3.63) is 24.3 Å². The third kappa shape index (κ3) is 3.00. The van der Waals surface area contributed by atoms with Crippen molar-refractivity contribution in [1.82, 2.24) is 4.31 Å². The molecule has 0 amide bonds. The first-order chi connectivity index (χ1) is 9.12. The minimum absolute atomic E-state index is 0.0415. The van der Waals surface area contributed by atoms with E-state index in [-0.39, 0.29) is 15.8 Å². The molecule has 1 aliphatic rings. The van der Waals surface area contributed by atoms with Crippen LogP contribution in [0.5, 0.6) is 0 Å². The first-order valence-corrected chi connectivity index (χ1v) is 9.94. The second-order valence-corrected chi connectivity index (χ2v) is 9.63. The number of nitrogens with zero attached hydrogens (tertiary/aromatic N) is 1. The molecule has 1 aliphatic heterocycles. The second kappa shape index (κ2) is 5.29. The van der Waals surface area contributed by atoms with Crippen molar-refractivity contribution < 1.29 is 16.8 Å². The van der Waals surface area contributed by atoms with Gasteiger partial charge in [0.2, 0.25) is 10.0 Å². The predicted molar refractivity (Wildman–Crippen MR) is 76.6 cm³/mol. The van der Waals surface area contributed by atoms with Gasteiger partial charge in [0.1, 0.15) is 0 Å². The fourth-order valence-corrected chi connectivity index (χ4v) is 5.20. The highest BCUT2D eigenvalue weighted by Gasteiger charge is 2.36. The van der Waals surface area contributed by atoms with Crippen LogP contribution in [0.25, 0.3) is 0 Å². The third-order valence-electron chi connectivity index (χ3n) is 3.42. The zero-order valence-corrected chi connectivity index (χ0v) is 13.5. The molecular weight excluding hydrogens is 322 g/mol. The Labute approximate surface area is 124 Å². The summed E-state index contributed by atoms with van der Waals surface area (Å²) in [5.41, 5.74) is 0. The Kier molecular flexibility index (Phi) is 4.17. The lowest BCUT2D eigenvalue weighted by molar-refractivity contribution is 0.405. The molecule has 0 radical (unpaired) electrons. The number of hydrogen-bond acceptors (Lipinski definition) is 4. The van der Waals surface area contributed by atoms with Crippen LogP contribution in [0.2, 0.25) is 0 Å². The molecule has 0 aliphatic carbocycles. The van der Waals surface area contributed by atoms with Crippen LogP contribution >= 0.6 is 10.7 Å². The molecule has 0 N–H and O–H groups in total. The van der Waals surface area contributed by atoms with Crippen LogP contribution in [-0.2, 0) is 19.1 Å². The molecule has 5 nitrogen and oxygen atoms in total. The number of hydrogen-bond donors (Lipinski definition) is 0. The van der Waals surface area contributed by atoms with Crippen molar-refractivity contribution in [2.75, 3.05) is 6.54 Å². The highest BCUT2D eigenvalue weighted by molar-refractivity contribution is 8.13. The van der Waals surface area contributed by atoms with Gasteiger partial charge in [0.15, 0.2) is 0 Å². The van der Waals surface area contributed by atoms with Crippen LogP contribution in [0.1, 0.15) is 20.3 Å². The van der Waals surface area contributed by atoms with Crippen LogP contribution in [0.3, 0.4) is 0 Å². The highest BCUT2D eigenvalue weighted by atomic mass is 35.7. The van der Waals surface area contributed by atoms with Crippen molar-refractivity contribution in [2.45, 2.75) is 36.1 Å². The summed E-state index contributed by atoms with van der Waals surface area (Å²) in [4.78, 5) is -0.250. The molecule has 8 heteroatoms. The van der Waals surface area contributed by atoms with Gasteiger partial charge >= 0.3 is 0 Å². The Hall–Kier alpha value is -0.630. The summed E-state index contributed by atoms with van der Waals surface area (Å²) in [6.45, 7) is 4.29. The van der Waals surface area contributed by atoms with E-state index < -0.39 is 19.1 Å². The van der Waals surface area contributed by atoms with E-state index in [4.69, 9.17) is 10.7 Å². The molecular formula is C12H16ClNO4S2. The van der Waals surface area contributed by atoms with Gasteiger partial charge in [0, 0.05) is 23.3 Å². The van der Waals surface area contributed by atoms with Gasteiger partial charge in [-0.3, -0.25) is 0 Å². The summed E-state index contributed by atoms with van der Waals surface area (Å²) in [5, 5.41) is 0. The minimum atomic E-state index is -3.94. The Morgan fingerprint density at radius 1 is 1.15 bits per heavy atom. The van der Waals surface area contributed by atoms with Crippen LogP contribution in [0.15, 0.2) is 34.1 Å². The molecule has 0 spiro atoms. The van der Waals surface area contributed by atoms with Gasteiger partial charge in [0.25, 0.3) is 9.05 Å². The van der Waals surface area contributed by atoms with Crippen molar-refractivity contribution in [3.8, 4) is 0 Å². The smallest absolute Gasteiger partial charge is 0.207 e. The molecule has 1 aromatic carbocycles. The van der Waals surface area contributed by atoms with E-state index in [9.17, 15) is 16.8 Å². The van der Waals surface area contributed by atoms with Gasteiger partial charge in [-0.25, -0.2) is 16.8 Å². The van der Waals surface area contributed by atoms with Crippen molar-refractivity contribution >= 4 is 29.8 Å². The average molecular weight is 338 g/mol. The average Bonchev–Trinajstić information content (AvgIpc) is 2.68. The van der Waals surface area contributed by atoms with Crippen LogP contribution < -0.4 is 0 Å². The molecule has 1 aromatic rings. The van der Waals surface area contributed by atoms with Gasteiger partial charge in [-0.2, -0.15) is 4.31 Å². The van der Waals surface area contributed by atoms with Crippen molar-refractivity contribution in [2.24, 2.45) is 5.92 Å². The van der Waals surface area contributed by atoms with Crippen LogP contribution in [0.4, 0.5) is 0 Å². The zero-order chi connectivity index (χ0) is 15.1. The lowest BCUT2D eigenvalue weighted by atomic mass is 10.1. The van der Waals surface area contributed by atoms with E-state index in [1.54, 1.807) is 0 Å². The maximum absolute atomic E-state index is 12.6. The molecule has 0 bridgehead atoms. The monoisotopic (exact) mass is 337 g/mol. The lowest BCUT2D eigenvalue weighted by Gasteiger charge is -2.21. The van der Waals surface area contributed by atoms with Crippen molar-refractivity contribution in [3.63, 3.8) is 0 Å². The number of rotatable bonds is 3. The van der Waals surface area contributed by atoms with Crippen LogP contribution in [-0.4, -0.2) is 33.7 Å². The largest absolute Gasteiger partial charge is 0.261 e. The standard InChI is InChI=1S/C12H16ClNO4S2/c1-9-6-10(2)14(8-9)20(17,18)12-5-3-4-11(7-12)19(13,15)16/h3-5,7,9-10H,6,8H2,1-2H3. The summed E-state index contributed by atoms with van der Waals surface area (Å²) in [5.74, 6) is 0.291. The first-order valence-electron chi connectivity index (χ1n) is 6.19. The third-order valence-corrected chi connectivity index (χ3v) is 6.75. The van der Waals surface area contributed by atoms with Crippen LogP contribution in [0, 0.1) is 5.92 Å². The second-order valence-electron chi connectivity index (χ2n) is 5.18. The Morgan fingerprint density at radius 3 is 2.25 bits per heavy atom. The molecule has 0 aromatic heterocycles. The Balaban J connectivity index is 2.45. The number of sulfonamides is 1. The summed E-state index contributed by atoms with van der Waals surface area (Å²) >= 11 is 0. The molecule has 112 valence electrons. The topological polar surface area (TPSA) is 71.5 Å². The van der Waals surface area contributed by atoms with Gasteiger partial charge in [-0.1, -0.05) is 13.0 Å². The van der Waals surface area contributed by atoms with E-state index in [1.165, 1.54) is 22.5 Å². The fourth-order valence-electron chi connectivity index (χ4n) is 2.52. The fraction of sp³-hybridized carbons (Fsp3) is 0.500. The van der Waals surface area contributed by atoms with E-state index in [1.807, 2.05) is 13.8 Å². The molecule has 1 fully saturated rings. The molecule has 2 unspecified atom stereocenters. The Morgan fingerprint density at radius 2 is 1.75 bits per heavy atom. The molecule has 0 saturated carbocycles. The van der Waals surface area contributed by atoms with Gasteiger partial charge < -0.3 is 0 Å². The summed E-state index contributed by atoms with van der Waals surface area (Å²) in [6, 6.07) is 5.06. The van der Waals surface area contributed by atoms with Gasteiger partial charge in [0.05, 0.1) is 9.79 Å². The SMILES string of the molecule is CC1CC(C)N(S(=O)(=O)c2cccc(S(=O)(=O)Cl)c2)C1. The summed E-state index contributed by atoms with van der Waals surface area (Å²) < 4.78 is 49.1. The first kappa shape index (κ1) is 15.8. The summed E-state index contributed by atoms with van der Waals surface area (Å²) in [6.07, 6.45) is 0.798. The normalized spacial score (nSPS) is 24.9. The maximum atomic E-state index is 12.6. The molecule has 2 rings (SSSR count). The minimum Gasteiger partial charge on any atom is -0.207 e. The molecule has 1 heterocycles. The maximum Gasteiger partial charge on any atom is 0.261 e. The van der Waals surface area contributed by atoms with E-state index in [0.717, 1.165) is 12.5 Å². The van der Waals surface area contributed by atoms with E-state index in [2.05, 4.69) is 0 Å². The van der Waals surface area contributed by atoms with E-state index >= 15 is 0 Å². The van der Waals surface area contributed by atoms with Gasteiger partial charge in [-0.05, 0) is 37.5 Å². The number of halogens is 1.